The van der Waals surface area contributed by atoms with Gasteiger partial charge in [0.25, 0.3) is 0 Å². The topological polar surface area (TPSA) is 8.17 Å². The third-order valence-corrected chi connectivity index (χ3v) is 12.0. The molecule has 1 aromatic heterocycles. The van der Waals surface area contributed by atoms with E-state index in [1.54, 1.807) is 0 Å². The van der Waals surface area contributed by atoms with E-state index < -0.39 is 0 Å². The van der Waals surface area contributed by atoms with E-state index in [4.69, 9.17) is 0 Å². The van der Waals surface area contributed by atoms with E-state index in [9.17, 15) is 0 Å². The van der Waals surface area contributed by atoms with Crippen LogP contribution in [0.5, 0.6) is 0 Å². The summed E-state index contributed by atoms with van der Waals surface area (Å²) >= 11 is 0. The summed E-state index contributed by atoms with van der Waals surface area (Å²) < 4.78 is 2.42. The zero-order chi connectivity index (χ0) is 41.2. The lowest BCUT2D eigenvalue weighted by molar-refractivity contribution is 1.18. The first-order valence-corrected chi connectivity index (χ1v) is 21.3. The van der Waals surface area contributed by atoms with E-state index in [-0.39, 0.29) is 0 Å². The molecule has 0 saturated heterocycles. The highest BCUT2D eigenvalue weighted by Crippen LogP contribution is 2.42. The largest absolute Gasteiger partial charge is 0.311 e. The van der Waals surface area contributed by atoms with Gasteiger partial charge < -0.3 is 9.47 Å². The number of benzene rings is 10. The fourth-order valence-electron chi connectivity index (χ4n) is 9.03. The molecule has 0 N–H and O–H groups in total. The number of nitrogens with zero attached hydrogens (tertiary/aromatic N) is 2. The molecule has 0 radical (unpaired) electrons. The van der Waals surface area contributed by atoms with Crippen LogP contribution in [0, 0.1) is 0 Å². The Morgan fingerprint density at radius 1 is 0.242 bits per heavy atom. The van der Waals surface area contributed by atoms with Gasteiger partial charge in [-0.1, -0.05) is 194 Å². The first-order valence-electron chi connectivity index (χ1n) is 21.3. The number of anilines is 3. The maximum atomic E-state index is 2.42. The Hall–Kier alpha value is -8.20. The molecule has 0 atom stereocenters. The quantitative estimate of drug-likeness (QED) is 0.141. The van der Waals surface area contributed by atoms with Crippen molar-refractivity contribution in [2.45, 2.75) is 0 Å². The van der Waals surface area contributed by atoms with Crippen molar-refractivity contribution in [3.05, 3.63) is 255 Å². The van der Waals surface area contributed by atoms with Gasteiger partial charge in [-0.05, 0) is 111 Å². The Kier molecular flexibility index (Phi) is 9.57. The Morgan fingerprint density at radius 2 is 0.613 bits per heavy atom. The van der Waals surface area contributed by atoms with Gasteiger partial charge in [0.1, 0.15) is 0 Å². The molecule has 0 saturated carbocycles. The minimum Gasteiger partial charge on any atom is -0.311 e. The summed E-state index contributed by atoms with van der Waals surface area (Å²) in [5.74, 6) is 0. The van der Waals surface area contributed by atoms with Crippen LogP contribution in [0.1, 0.15) is 0 Å². The fraction of sp³-hybridized carbons (Fsp3) is 0. The first kappa shape index (κ1) is 36.8. The number of para-hydroxylation sites is 3. The van der Waals surface area contributed by atoms with Crippen LogP contribution < -0.4 is 4.90 Å². The van der Waals surface area contributed by atoms with Crippen molar-refractivity contribution in [2.24, 2.45) is 0 Å². The van der Waals surface area contributed by atoms with Crippen molar-refractivity contribution in [2.75, 3.05) is 4.90 Å². The fourth-order valence-corrected chi connectivity index (χ4v) is 9.03. The molecule has 1 heterocycles. The van der Waals surface area contributed by atoms with E-state index >= 15 is 0 Å². The van der Waals surface area contributed by atoms with Crippen LogP contribution >= 0.6 is 0 Å². The van der Waals surface area contributed by atoms with Crippen molar-refractivity contribution in [3.63, 3.8) is 0 Å². The molecular formula is C60H42N2. The molecule has 2 nitrogen and oxygen atoms in total. The Labute approximate surface area is 362 Å². The number of hydrogen-bond donors (Lipinski definition) is 0. The molecule has 0 unspecified atom stereocenters. The Bertz CT molecular complexity index is 3260. The minimum absolute atomic E-state index is 1.09. The summed E-state index contributed by atoms with van der Waals surface area (Å²) in [6.45, 7) is 0. The van der Waals surface area contributed by atoms with Crippen LogP contribution in [0.4, 0.5) is 17.1 Å². The molecule has 62 heavy (non-hydrogen) atoms. The van der Waals surface area contributed by atoms with Gasteiger partial charge in [-0.3, -0.25) is 0 Å². The molecule has 0 aliphatic carbocycles. The van der Waals surface area contributed by atoms with Crippen molar-refractivity contribution in [1.29, 1.82) is 0 Å². The predicted octanol–water partition coefficient (Wildman–Crippen LogP) is 16.6. The van der Waals surface area contributed by atoms with E-state index in [0.717, 1.165) is 28.3 Å². The van der Waals surface area contributed by atoms with Crippen LogP contribution in [0.15, 0.2) is 255 Å². The van der Waals surface area contributed by atoms with Gasteiger partial charge in [-0.2, -0.15) is 0 Å². The second kappa shape index (κ2) is 16.1. The van der Waals surface area contributed by atoms with E-state index in [0.29, 0.717) is 0 Å². The minimum atomic E-state index is 1.09. The highest BCUT2D eigenvalue weighted by Gasteiger charge is 2.18. The van der Waals surface area contributed by atoms with Crippen LogP contribution in [-0.2, 0) is 0 Å². The van der Waals surface area contributed by atoms with Gasteiger partial charge in [0, 0.05) is 33.4 Å². The molecule has 0 bridgehead atoms. The highest BCUT2D eigenvalue weighted by atomic mass is 15.1. The zero-order valence-corrected chi connectivity index (χ0v) is 34.1. The SMILES string of the molecule is c1ccc(-c2ccc(N(c3ccc(-c4cccc(-c5ccccc5)c4)cc3)c3ccc(-c4ccccc4-c4ccccc4-n4c5ccccc5c5ccccc54)cc3)cc2)cc1. The zero-order valence-electron chi connectivity index (χ0n) is 34.1. The third-order valence-electron chi connectivity index (χ3n) is 12.0. The number of fused-ring (bicyclic) bond motifs is 3. The molecular weight excluding hydrogens is 749 g/mol. The Morgan fingerprint density at radius 3 is 1.16 bits per heavy atom. The van der Waals surface area contributed by atoms with Crippen LogP contribution in [0.25, 0.3) is 83.1 Å². The average molecular weight is 791 g/mol. The normalized spacial score (nSPS) is 11.2. The van der Waals surface area contributed by atoms with Crippen molar-refractivity contribution in [1.82, 2.24) is 4.57 Å². The summed E-state index contributed by atoms with van der Waals surface area (Å²) in [6.07, 6.45) is 0. The summed E-state index contributed by atoms with van der Waals surface area (Å²) in [5, 5.41) is 2.51. The highest BCUT2D eigenvalue weighted by molar-refractivity contribution is 6.10. The molecule has 11 aromatic rings. The smallest absolute Gasteiger partial charge is 0.0541 e. The van der Waals surface area contributed by atoms with Gasteiger partial charge in [-0.15, -0.1) is 0 Å². The van der Waals surface area contributed by atoms with Crippen molar-refractivity contribution in [3.8, 4) is 61.3 Å². The van der Waals surface area contributed by atoms with E-state index in [2.05, 4.69) is 264 Å². The van der Waals surface area contributed by atoms with Crippen LogP contribution in [-0.4, -0.2) is 4.57 Å². The van der Waals surface area contributed by atoms with Crippen LogP contribution in [0.2, 0.25) is 0 Å². The summed E-state index contributed by atoms with van der Waals surface area (Å²) in [5.41, 5.74) is 18.8. The van der Waals surface area contributed by atoms with Gasteiger partial charge >= 0.3 is 0 Å². The van der Waals surface area contributed by atoms with Crippen molar-refractivity contribution < 1.29 is 0 Å². The van der Waals surface area contributed by atoms with Crippen molar-refractivity contribution >= 4 is 38.9 Å². The lowest BCUT2D eigenvalue weighted by Gasteiger charge is -2.26. The molecule has 11 rings (SSSR count). The first-order chi connectivity index (χ1) is 30.8. The molecule has 10 aromatic carbocycles. The molecule has 0 fully saturated rings. The van der Waals surface area contributed by atoms with Gasteiger partial charge in [0.05, 0.1) is 16.7 Å². The summed E-state index contributed by atoms with van der Waals surface area (Å²) in [4.78, 5) is 2.35. The lowest BCUT2D eigenvalue weighted by Crippen LogP contribution is -2.09. The lowest BCUT2D eigenvalue weighted by atomic mass is 9.93. The summed E-state index contributed by atoms with van der Waals surface area (Å²) in [6, 6.07) is 91.9. The monoisotopic (exact) mass is 790 g/mol. The molecule has 292 valence electrons. The molecule has 2 heteroatoms. The molecule has 0 amide bonds. The second-order valence-corrected chi connectivity index (χ2v) is 15.7. The van der Waals surface area contributed by atoms with Gasteiger partial charge in [0.2, 0.25) is 0 Å². The number of rotatable bonds is 9. The molecule has 0 aliphatic heterocycles. The van der Waals surface area contributed by atoms with Gasteiger partial charge in [0.15, 0.2) is 0 Å². The second-order valence-electron chi connectivity index (χ2n) is 15.7. The molecule has 0 aliphatic rings. The predicted molar refractivity (Wildman–Crippen MR) is 263 cm³/mol. The van der Waals surface area contributed by atoms with Gasteiger partial charge in [-0.25, -0.2) is 0 Å². The maximum Gasteiger partial charge on any atom is 0.0541 e. The van der Waals surface area contributed by atoms with E-state index in [1.807, 2.05) is 0 Å². The number of hydrogen-bond acceptors (Lipinski definition) is 1. The summed E-state index contributed by atoms with van der Waals surface area (Å²) in [7, 11) is 0. The average Bonchev–Trinajstić information content (AvgIpc) is 3.69. The third kappa shape index (κ3) is 6.84. The Balaban J connectivity index is 0.977. The number of aromatic nitrogens is 1. The standard InChI is InChI=1S/C60H42N2/c1-3-16-43(17-4-1)45-30-36-50(37-31-45)61(51-38-32-46(33-39-51)49-21-15-20-48(42-49)44-18-5-2-6-19-44)52-40-34-47(35-41-52)53-22-7-8-23-54(53)55-24-9-12-27-58(55)62-59-28-13-10-25-56(59)57-26-11-14-29-60(57)62/h1-42H. The van der Waals surface area contributed by atoms with E-state index in [1.165, 1.54) is 71.9 Å². The maximum absolute atomic E-state index is 2.42. The van der Waals surface area contributed by atoms with Crippen LogP contribution in [0.3, 0.4) is 0 Å². The molecule has 0 spiro atoms.